The first-order chi connectivity index (χ1) is 26.5. The number of imide groups is 1. The molecule has 5 N–H and O–H groups in total. The van der Waals surface area contributed by atoms with Gasteiger partial charge in [-0.25, -0.2) is 9.69 Å². The monoisotopic (exact) mass is 826 g/mol. The number of nitrogens with zero attached hydrogens (tertiary/aromatic N) is 3. The molecule has 292 valence electrons. The van der Waals surface area contributed by atoms with Gasteiger partial charge in [0.1, 0.15) is 5.54 Å². The number of amides is 3. The Balaban J connectivity index is 1.43. The lowest BCUT2D eigenvalue weighted by atomic mass is 9.69. The van der Waals surface area contributed by atoms with Crippen LogP contribution in [0.3, 0.4) is 0 Å². The molecule has 2 unspecified atom stereocenters. The summed E-state index contributed by atoms with van der Waals surface area (Å²) in [6.45, 7) is 3.14. The number of hydrogen-bond acceptors (Lipinski definition) is 9. The fourth-order valence-corrected chi connectivity index (χ4v) is 8.90. The summed E-state index contributed by atoms with van der Waals surface area (Å²) in [7, 11) is -8.61. The van der Waals surface area contributed by atoms with Crippen LogP contribution in [0.2, 0.25) is 0 Å². The number of aromatic nitrogens is 2. The summed E-state index contributed by atoms with van der Waals surface area (Å²) in [4.78, 5) is 37.7. The first-order valence-electron chi connectivity index (χ1n) is 16.6. The lowest BCUT2D eigenvalue weighted by molar-refractivity contribution is -0.123. The van der Waals surface area contributed by atoms with Crippen LogP contribution in [0.25, 0.3) is 0 Å². The third kappa shape index (κ3) is 8.82. The van der Waals surface area contributed by atoms with Crippen molar-refractivity contribution in [2.45, 2.75) is 41.6 Å². The third-order valence-electron chi connectivity index (χ3n) is 8.95. The van der Waals surface area contributed by atoms with Gasteiger partial charge in [0.05, 0.1) is 40.8 Å². The molecule has 2 atom stereocenters. The fourth-order valence-electron chi connectivity index (χ4n) is 6.45. The first-order valence-corrected chi connectivity index (χ1v) is 20.4. The molecular formula is C36H33F3N8O6S3. The van der Waals surface area contributed by atoms with Gasteiger partial charge in [-0.2, -0.15) is 30.0 Å². The van der Waals surface area contributed by atoms with Crippen LogP contribution in [0.1, 0.15) is 36.8 Å². The second kappa shape index (κ2) is 15.7. The largest absolute Gasteiger partial charge is 0.446 e. The second-order valence-corrected chi connectivity index (χ2v) is 16.5. The number of halogens is 3. The molecule has 56 heavy (non-hydrogen) atoms. The molecule has 3 heterocycles. The molecule has 1 saturated heterocycles. The molecule has 6 rings (SSSR count). The van der Waals surface area contributed by atoms with Crippen LogP contribution in [-0.2, 0) is 25.2 Å². The second-order valence-electron chi connectivity index (χ2n) is 12.5. The summed E-state index contributed by atoms with van der Waals surface area (Å²) in [6.07, 6.45) is 5.19. The molecule has 0 saturated carbocycles. The Morgan fingerprint density at radius 3 is 1.55 bits per heavy atom. The molecule has 5 aromatic rings. The van der Waals surface area contributed by atoms with E-state index < -0.39 is 55.2 Å². The van der Waals surface area contributed by atoms with Crippen LogP contribution in [0.5, 0.6) is 0 Å². The standard InChI is InChI=1S/C36H33F3N8O6S3/c1-23(29-17-19-40-21-31(29)45-55(50,51)43-25-9-5-3-6-10-25)35(33(48)47(34(49)42-35)27-13-15-28(16-14-27)54-36(37,38)39)24(2)30-18-20-41-22-32(30)46-56(52,53)44-26-11-7-4-8-12-26/h3-24,43-46H,1-2H3,(H,42,49). The van der Waals surface area contributed by atoms with Gasteiger partial charge in [0.25, 0.3) is 5.91 Å². The quantitative estimate of drug-likeness (QED) is 0.0578. The minimum atomic E-state index is -4.58. The van der Waals surface area contributed by atoms with E-state index in [0.717, 1.165) is 17.0 Å². The molecule has 1 fully saturated rings. The van der Waals surface area contributed by atoms with E-state index in [9.17, 15) is 39.6 Å². The van der Waals surface area contributed by atoms with Gasteiger partial charge in [-0.05, 0) is 83.6 Å². The topological polar surface area (TPSA) is 192 Å². The van der Waals surface area contributed by atoms with Gasteiger partial charge in [-0.1, -0.05) is 50.2 Å². The fraction of sp³-hybridized carbons (Fsp3) is 0.167. The molecule has 0 aliphatic carbocycles. The lowest BCUT2D eigenvalue weighted by Crippen LogP contribution is -2.55. The highest BCUT2D eigenvalue weighted by Crippen LogP contribution is 2.48. The van der Waals surface area contributed by atoms with Gasteiger partial charge in [0, 0.05) is 29.1 Å². The van der Waals surface area contributed by atoms with E-state index in [0.29, 0.717) is 0 Å². The zero-order chi connectivity index (χ0) is 40.3. The average molecular weight is 827 g/mol. The van der Waals surface area contributed by atoms with Crippen LogP contribution in [0, 0.1) is 0 Å². The van der Waals surface area contributed by atoms with Gasteiger partial charge in [0.2, 0.25) is 0 Å². The number of urea groups is 1. The van der Waals surface area contributed by atoms with E-state index in [1.54, 1.807) is 50.2 Å². The number of benzene rings is 3. The van der Waals surface area contributed by atoms with E-state index in [-0.39, 0.29) is 56.2 Å². The Hall–Kier alpha value is -5.86. The Morgan fingerprint density at radius 2 is 1.12 bits per heavy atom. The molecule has 3 aromatic carbocycles. The summed E-state index contributed by atoms with van der Waals surface area (Å²) >= 11 is -0.368. The van der Waals surface area contributed by atoms with Crippen molar-refractivity contribution in [2.75, 3.05) is 23.8 Å². The van der Waals surface area contributed by atoms with Crippen molar-refractivity contribution >= 4 is 72.6 Å². The highest BCUT2D eigenvalue weighted by molar-refractivity contribution is 8.00. The number of thioether (sulfide) groups is 1. The molecule has 3 amide bonds. The summed E-state index contributed by atoms with van der Waals surface area (Å²) in [5.74, 6) is -3.06. The van der Waals surface area contributed by atoms with Crippen molar-refractivity contribution in [3.05, 3.63) is 133 Å². The van der Waals surface area contributed by atoms with Crippen molar-refractivity contribution < 1.29 is 39.6 Å². The maximum atomic E-state index is 15.0. The predicted octanol–water partition coefficient (Wildman–Crippen LogP) is 7.03. The van der Waals surface area contributed by atoms with E-state index in [1.165, 1.54) is 73.3 Å². The maximum absolute atomic E-state index is 15.0. The number of anilines is 5. The molecule has 14 nitrogen and oxygen atoms in total. The number of carbonyl (C=O) groups excluding carboxylic acids is 2. The molecular weight excluding hydrogens is 794 g/mol. The van der Waals surface area contributed by atoms with Crippen molar-refractivity contribution in [3.63, 3.8) is 0 Å². The first kappa shape index (κ1) is 39.8. The molecule has 0 bridgehead atoms. The lowest BCUT2D eigenvalue weighted by Gasteiger charge is -2.39. The van der Waals surface area contributed by atoms with Gasteiger partial charge >= 0.3 is 32.0 Å². The Kier molecular flexibility index (Phi) is 11.2. The van der Waals surface area contributed by atoms with Gasteiger partial charge in [0.15, 0.2) is 0 Å². The molecule has 0 spiro atoms. The van der Waals surface area contributed by atoms with E-state index in [4.69, 9.17) is 0 Å². The van der Waals surface area contributed by atoms with Crippen LogP contribution in [0.15, 0.2) is 127 Å². The molecule has 20 heteroatoms. The zero-order valence-corrected chi connectivity index (χ0v) is 31.8. The maximum Gasteiger partial charge on any atom is 0.446 e. The highest BCUT2D eigenvalue weighted by atomic mass is 32.2. The van der Waals surface area contributed by atoms with Gasteiger partial charge in [-0.3, -0.25) is 33.7 Å². The van der Waals surface area contributed by atoms with Crippen LogP contribution < -0.4 is 29.1 Å². The smallest absolute Gasteiger partial charge is 0.322 e. The van der Waals surface area contributed by atoms with E-state index in [2.05, 4.69) is 34.2 Å². The number of para-hydroxylation sites is 2. The average Bonchev–Trinajstić information content (AvgIpc) is 3.41. The summed E-state index contributed by atoms with van der Waals surface area (Å²) in [5.41, 5.74) is -5.80. The summed E-state index contributed by atoms with van der Waals surface area (Å²) in [5, 5.41) is 2.80. The highest BCUT2D eigenvalue weighted by Gasteiger charge is 2.59. The number of pyridine rings is 2. The van der Waals surface area contributed by atoms with Crippen LogP contribution in [0.4, 0.5) is 46.4 Å². The van der Waals surface area contributed by atoms with E-state index >= 15 is 0 Å². The Labute approximate surface area is 324 Å². The molecule has 1 aliphatic heterocycles. The van der Waals surface area contributed by atoms with Crippen molar-refractivity contribution in [1.29, 1.82) is 0 Å². The van der Waals surface area contributed by atoms with Crippen LogP contribution in [-0.4, -0.2) is 49.8 Å². The minimum absolute atomic E-state index is 0.0493. The molecule has 2 aromatic heterocycles. The van der Waals surface area contributed by atoms with Gasteiger partial charge < -0.3 is 5.32 Å². The van der Waals surface area contributed by atoms with Crippen molar-refractivity contribution in [1.82, 2.24) is 15.3 Å². The minimum Gasteiger partial charge on any atom is -0.322 e. The van der Waals surface area contributed by atoms with Crippen molar-refractivity contribution in [3.8, 4) is 0 Å². The zero-order valence-electron chi connectivity index (χ0n) is 29.4. The number of carbonyl (C=O) groups is 2. The third-order valence-corrected chi connectivity index (χ3v) is 11.7. The number of hydrogen-bond donors (Lipinski definition) is 5. The summed E-state index contributed by atoms with van der Waals surface area (Å²) < 4.78 is 102. The number of nitrogens with one attached hydrogen (secondary N) is 5. The number of alkyl halides is 3. The van der Waals surface area contributed by atoms with Crippen LogP contribution >= 0.6 is 11.8 Å². The Bertz CT molecular complexity index is 2320. The molecule has 0 radical (unpaired) electrons. The van der Waals surface area contributed by atoms with E-state index in [1.807, 2.05) is 0 Å². The molecule has 1 aliphatic rings. The number of rotatable bonds is 14. The SMILES string of the molecule is CC(c1ccncc1NS(=O)(=O)Nc1ccccc1)C1(C(C)c2ccncc2NS(=O)(=O)Nc2ccccc2)NC(=O)N(c2ccc(SC(F)(F)F)cc2)C1=O. The van der Waals surface area contributed by atoms with Gasteiger partial charge in [-0.15, -0.1) is 0 Å². The van der Waals surface area contributed by atoms with Crippen molar-refractivity contribution in [2.24, 2.45) is 0 Å². The normalized spacial score (nSPS) is 17.1. The predicted molar refractivity (Wildman–Crippen MR) is 208 cm³/mol. The Morgan fingerprint density at radius 1 is 0.679 bits per heavy atom. The summed E-state index contributed by atoms with van der Waals surface area (Å²) in [6, 6.07) is 22.7.